The molecule has 27 heavy (non-hydrogen) atoms. The molecule has 0 aromatic carbocycles. The standard InChI is InChI=1S/C10H18O5.2C4H6O2/c1-4-9(5-8(12)6-11)14-15-10(13)7(2)3;2*1-3(2)4(5)6/h8-9,11-12H,2,4-6H2,1,3H3;2*1H2,2H3,(H,5,6). The normalized spacial score (nSPS) is 11.3. The molecular formula is C18H30O9. The molecule has 2 atom stereocenters. The van der Waals surface area contributed by atoms with Crippen LogP contribution in [0.2, 0.25) is 0 Å². The van der Waals surface area contributed by atoms with Crippen LogP contribution in [0.15, 0.2) is 36.5 Å². The molecule has 0 aromatic heterocycles. The molecule has 0 saturated heterocycles. The van der Waals surface area contributed by atoms with E-state index in [1.807, 2.05) is 6.92 Å². The molecule has 0 radical (unpaired) electrons. The van der Waals surface area contributed by atoms with Gasteiger partial charge in [0.05, 0.1) is 12.7 Å². The Morgan fingerprint density at radius 1 is 0.926 bits per heavy atom. The van der Waals surface area contributed by atoms with Crippen molar-refractivity contribution in [1.29, 1.82) is 0 Å². The van der Waals surface area contributed by atoms with Gasteiger partial charge in [0.25, 0.3) is 0 Å². The molecule has 0 aliphatic heterocycles. The van der Waals surface area contributed by atoms with Gasteiger partial charge < -0.3 is 20.4 Å². The van der Waals surface area contributed by atoms with Crippen LogP contribution in [0.3, 0.4) is 0 Å². The van der Waals surface area contributed by atoms with Crippen molar-refractivity contribution in [3.05, 3.63) is 36.5 Å². The van der Waals surface area contributed by atoms with E-state index in [1.165, 1.54) is 20.8 Å². The molecule has 9 heteroatoms. The summed E-state index contributed by atoms with van der Waals surface area (Å²) in [5, 5.41) is 33.5. The van der Waals surface area contributed by atoms with E-state index in [1.54, 1.807) is 0 Å². The van der Waals surface area contributed by atoms with E-state index in [0.29, 0.717) is 6.42 Å². The number of carboxylic acid groups (broad SMARTS) is 2. The lowest BCUT2D eigenvalue weighted by molar-refractivity contribution is -0.298. The number of hydrogen-bond acceptors (Lipinski definition) is 7. The first-order valence-electron chi connectivity index (χ1n) is 7.89. The average Bonchev–Trinajstić information content (AvgIpc) is 2.58. The van der Waals surface area contributed by atoms with E-state index >= 15 is 0 Å². The lowest BCUT2D eigenvalue weighted by Gasteiger charge is -2.16. The zero-order valence-corrected chi connectivity index (χ0v) is 16.2. The summed E-state index contributed by atoms with van der Waals surface area (Å²) < 4.78 is 0. The summed E-state index contributed by atoms with van der Waals surface area (Å²) in [6, 6.07) is 0. The highest BCUT2D eigenvalue weighted by molar-refractivity contribution is 5.86. The topological polar surface area (TPSA) is 151 Å². The molecule has 0 aliphatic carbocycles. The van der Waals surface area contributed by atoms with Crippen LogP contribution < -0.4 is 0 Å². The Hall–Kier alpha value is -2.49. The predicted octanol–water partition coefficient (Wildman–Crippen LogP) is 1.85. The minimum Gasteiger partial charge on any atom is -0.478 e. The number of aliphatic hydroxyl groups excluding tert-OH is 2. The summed E-state index contributed by atoms with van der Waals surface area (Å²) in [4.78, 5) is 39.4. The van der Waals surface area contributed by atoms with E-state index < -0.39 is 30.1 Å². The minimum atomic E-state index is -0.935. The van der Waals surface area contributed by atoms with Gasteiger partial charge in [0.15, 0.2) is 0 Å². The summed E-state index contributed by atoms with van der Waals surface area (Å²) in [6.45, 7) is 15.6. The van der Waals surface area contributed by atoms with Crippen molar-refractivity contribution in [2.75, 3.05) is 6.61 Å². The van der Waals surface area contributed by atoms with Crippen LogP contribution in [0.4, 0.5) is 0 Å². The molecule has 0 bridgehead atoms. The van der Waals surface area contributed by atoms with Crippen molar-refractivity contribution < 1.29 is 44.6 Å². The van der Waals surface area contributed by atoms with Gasteiger partial charge in [0.1, 0.15) is 6.10 Å². The third kappa shape index (κ3) is 21.5. The lowest BCUT2D eigenvalue weighted by Crippen LogP contribution is -2.24. The average molecular weight is 390 g/mol. The fourth-order valence-electron chi connectivity index (χ4n) is 0.835. The van der Waals surface area contributed by atoms with Crippen LogP contribution in [-0.4, -0.2) is 57.1 Å². The predicted molar refractivity (Wildman–Crippen MR) is 98.7 cm³/mol. The van der Waals surface area contributed by atoms with Crippen molar-refractivity contribution in [2.45, 2.75) is 52.7 Å². The molecule has 0 heterocycles. The summed E-state index contributed by atoms with van der Waals surface area (Å²) in [5.74, 6) is -2.50. The van der Waals surface area contributed by atoms with Gasteiger partial charge in [-0.3, -0.25) is 4.89 Å². The molecule has 0 rings (SSSR count). The summed E-state index contributed by atoms with van der Waals surface area (Å²) in [5.41, 5.74) is 0.595. The second-order valence-electron chi connectivity index (χ2n) is 5.52. The number of carbonyl (C=O) groups excluding carboxylic acids is 1. The summed E-state index contributed by atoms with van der Waals surface area (Å²) >= 11 is 0. The molecule has 2 unspecified atom stereocenters. The van der Waals surface area contributed by atoms with Crippen molar-refractivity contribution in [2.24, 2.45) is 0 Å². The van der Waals surface area contributed by atoms with Gasteiger partial charge in [0.2, 0.25) is 0 Å². The molecule has 0 spiro atoms. The molecule has 0 aliphatic rings. The zero-order chi connectivity index (χ0) is 22.2. The van der Waals surface area contributed by atoms with E-state index in [2.05, 4.69) is 24.6 Å². The van der Waals surface area contributed by atoms with Gasteiger partial charge in [-0.2, -0.15) is 4.89 Å². The SMILES string of the molecule is C=C(C)C(=O)O.C=C(C)C(=O)O.C=C(C)C(=O)OOC(CC)CC(O)CO. The highest BCUT2D eigenvalue weighted by Gasteiger charge is 2.16. The number of rotatable bonds is 9. The second kappa shape index (κ2) is 17.0. The third-order valence-electron chi connectivity index (χ3n) is 2.54. The van der Waals surface area contributed by atoms with E-state index in [9.17, 15) is 14.4 Å². The van der Waals surface area contributed by atoms with Crippen molar-refractivity contribution >= 4 is 17.9 Å². The molecule has 0 aromatic rings. The number of aliphatic carboxylic acids is 2. The molecule has 156 valence electrons. The molecule has 4 N–H and O–H groups in total. The Labute approximate surface area is 159 Å². The van der Waals surface area contributed by atoms with Crippen LogP contribution in [0.25, 0.3) is 0 Å². The monoisotopic (exact) mass is 390 g/mol. The van der Waals surface area contributed by atoms with Crippen molar-refractivity contribution in [1.82, 2.24) is 0 Å². The molecular weight excluding hydrogens is 360 g/mol. The largest absolute Gasteiger partial charge is 0.478 e. The first-order chi connectivity index (χ1) is 12.3. The maximum Gasteiger partial charge on any atom is 0.368 e. The van der Waals surface area contributed by atoms with Crippen LogP contribution in [0.5, 0.6) is 0 Å². The highest BCUT2D eigenvalue weighted by atomic mass is 17.2. The van der Waals surface area contributed by atoms with Crippen LogP contribution >= 0.6 is 0 Å². The Morgan fingerprint density at radius 3 is 1.52 bits per heavy atom. The fourth-order valence-corrected chi connectivity index (χ4v) is 0.835. The smallest absolute Gasteiger partial charge is 0.368 e. The molecule has 0 amide bonds. The summed E-state index contributed by atoms with van der Waals surface area (Å²) in [7, 11) is 0. The van der Waals surface area contributed by atoms with Crippen molar-refractivity contribution in [3.8, 4) is 0 Å². The first-order valence-corrected chi connectivity index (χ1v) is 7.89. The number of hydrogen-bond donors (Lipinski definition) is 4. The van der Waals surface area contributed by atoms with E-state index in [0.717, 1.165) is 0 Å². The number of carbonyl (C=O) groups is 3. The molecule has 9 nitrogen and oxygen atoms in total. The minimum absolute atomic E-state index is 0.176. The van der Waals surface area contributed by atoms with E-state index in [4.69, 9.17) is 25.3 Å². The van der Waals surface area contributed by atoms with Gasteiger partial charge in [-0.05, 0) is 27.2 Å². The van der Waals surface area contributed by atoms with Crippen LogP contribution in [0.1, 0.15) is 40.5 Å². The van der Waals surface area contributed by atoms with Crippen LogP contribution in [-0.2, 0) is 24.2 Å². The van der Waals surface area contributed by atoms with Gasteiger partial charge in [-0.15, -0.1) is 0 Å². The Bertz CT molecular complexity index is 475. The van der Waals surface area contributed by atoms with Crippen molar-refractivity contribution in [3.63, 3.8) is 0 Å². The Kier molecular flexibility index (Phi) is 18.4. The molecule has 0 saturated carbocycles. The Morgan fingerprint density at radius 2 is 1.30 bits per heavy atom. The zero-order valence-electron chi connectivity index (χ0n) is 16.2. The van der Waals surface area contributed by atoms with Crippen LogP contribution in [0, 0.1) is 0 Å². The maximum absolute atomic E-state index is 11.0. The maximum atomic E-state index is 11.0. The lowest BCUT2D eigenvalue weighted by atomic mass is 10.1. The first kappa shape index (κ1) is 29.3. The molecule has 0 fully saturated rings. The van der Waals surface area contributed by atoms with Gasteiger partial charge >= 0.3 is 17.9 Å². The number of carboxylic acids is 2. The number of aliphatic hydroxyl groups is 2. The van der Waals surface area contributed by atoms with E-state index in [-0.39, 0.29) is 29.7 Å². The highest BCUT2D eigenvalue weighted by Crippen LogP contribution is 2.08. The Balaban J connectivity index is -0.000000394. The fraction of sp³-hybridized carbons (Fsp3) is 0.500. The quantitative estimate of drug-likeness (QED) is 0.263. The van der Waals surface area contributed by atoms with Gasteiger partial charge in [-0.1, -0.05) is 26.7 Å². The third-order valence-corrected chi connectivity index (χ3v) is 2.54. The van der Waals surface area contributed by atoms with Gasteiger partial charge in [-0.25, -0.2) is 14.4 Å². The summed E-state index contributed by atoms with van der Waals surface area (Å²) in [6.07, 6.45) is -0.495. The second-order valence-corrected chi connectivity index (χ2v) is 5.52. The van der Waals surface area contributed by atoms with Gasteiger partial charge in [0, 0.05) is 23.1 Å².